The van der Waals surface area contributed by atoms with Crippen LogP contribution in [0.3, 0.4) is 0 Å². The summed E-state index contributed by atoms with van der Waals surface area (Å²) in [5.41, 5.74) is 5.37. The van der Waals surface area contributed by atoms with Gasteiger partial charge in [0.2, 0.25) is 0 Å². The molecule has 0 saturated heterocycles. The van der Waals surface area contributed by atoms with E-state index < -0.39 is 0 Å². The second-order valence-corrected chi connectivity index (χ2v) is 9.16. The molecule has 0 spiro atoms. The molecule has 0 saturated carbocycles. The molecule has 180 valence electrons. The van der Waals surface area contributed by atoms with Gasteiger partial charge in [-0.1, -0.05) is 35.9 Å². The Balaban J connectivity index is 1.31. The molecular weight excluding hydrogens is 474 g/mol. The topological polar surface area (TPSA) is 74.6 Å². The predicted molar refractivity (Wildman–Crippen MR) is 144 cm³/mol. The Kier molecular flexibility index (Phi) is 6.36. The van der Waals surface area contributed by atoms with Crippen LogP contribution in [0.15, 0.2) is 83.3 Å². The second-order valence-electron chi connectivity index (χ2n) is 8.73. The van der Waals surface area contributed by atoms with Crippen LogP contribution in [0, 0.1) is 0 Å². The van der Waals surface area contributed by atoms with Gasteiger partial charge in [-0.15, -0.1) is 0 Å². The third-order valence-corrected chi connectivity index (χ3v) is 6.23. The van der Waals surface area contributed by atoms with Crippen molar-refractivity contribution in [2.24, 2.45) is 0 Å². The summed E-state index contributed by atoms with van der Waals surface area (Å²) in [7, 11) is 3.98. The van der Waals surface area contributed by atoms with Gasteiger partial charge in [0.05, 0.1) is 5.57 Å². The molecule has 3 aromatic carbocycles. The standard InChI is InChI=1S/C29H24ClN3O3/c1-33(2)22-9-6-18(7-10-22)17-31-28(34)20-5-3-4-19(14-20)27-13-11-23(36-27)16-25-24-15-21(30)8-12-26(24)32-29(25)35/h3-16H,17H2,1-2H3,(H,31,34)(H,32,35)/b25-16+. The van der Waals surface area contributed by atoms with Crippen molar-refractivity contribution in [2.75, 3.05) is 24.3 Å². The maximum absolute atomic E-state index is 12.8. The van der Waals surface area contributed by atoms with Crippen LogP contribution >= 0.6 is 11.6 Å². The van der Waals surface area contributed by atoms with Crippen LogP contribution in [0.5, 0.6) is 0 Å². The van der Waals surface area contributed by atoms with Crippen LogP contribution in [0.4, 0.5) is 11.4 Å². The molecule has 1 aliphatic rings. The molecule has 2 heterocycles. The summed E-state index contributed by atoms with van der Waals surface area (Å²) in [6.45, 7) is 0.433. The molecule has 1 aliphatic heterocycles. The van der Waals surface area contributed by atoms with Crippen molar-refractivity contribution < 1.29 is 14.0 Å². The summed E-state index contributed by atoms with van der Waals surface area (Å²) in [5.74, 6) is 0.748. The molecule has 0 atom stereocenters. The minimum absolute atomic E-state index is 0.168. The van der Waals surface area contributed by atoms with E-state index in [0.29, 0.717) is 34.2 Å². The number of rotatable bonds is 6. The van der Waals surface area contributed by atoms with Gasteiger partial charge in [-0.25, -0.2) is 0 Å². The predicted octanol–water partition coefficient (Wildman–Crippen LogP) is 6.09. The van der Waals surface area contributed by atoms with Crippen molar-refractivity contribution in [1.29, 1.82) is 0 Å². The van der Waals surface area contributed by atoms with Gasteiger partial charge in [0, 0.05) is 53.7 Å². The molecule has 6 nitrogen and oxygen atoms in total. The first-order chi connectivity index (χ1) is 17.4. The lowest BCUT2D eigenvalue weighted by Gasteiger charge is -2.13. The first-order valence-electron chi connectivity index (χ1n) is 11.4. The highest BCUT2D eigenvalue weighted by atomic mass is 35.5. The Morgan fingerprint density at radius 3 is 2.61 bits per heavy atom. The highest BCUT2D eigenvalue weighted by Gasteiger charge is 2.24. The van der Waals surface area contributed by atoms with E-state index in [9.17, 15) is 9.59 Å². The van der Waals surface area contributed by atoms with E-state index in [2.05, 4.69) is 10.6 Å². The van der Waals surface area contributed by atoms with Gasteiger partial charge < -0.3 is 20.0 Å². The van der Waals surface area contributed by atoms with E-state index in [-0.39, 0.29) is 11.8 Å². The van der Waals surface area contributed by atoms with Crippen molar-refractivity contribution in [3.63, 3.8) is 0 Å². The third-order valence-electron chi connectivity index (χ3n) is 5.99. The zero-order valence-corrected chi connectivity index (χ0v) is 20.6. The number of hydrogen-bond donors (Lipinski definition) is 2. The average Bonchev–Trinajstić information content (AvgIpc) is 3.47. The summed E-state index contributed by atoms with van der Waals surface area (Å²) < 4.78 is 5.99. The molecular formula is C29H24ClN3O3. The minimum Gasteiger partial charge on any atom is -0.457 e. The van der Waals surface area contributed by atoms with Gasteiger partial charge in [0.25, 0.3) is 11.8 Å². The lowest BCUT2D eigenvalue weighted by Crippen LogP contribution is -2.22. The lowest BCUT2D eigenvalue weighted by molar-refractivity contribution is -0.110. The van der Waals surface area contributed by atoms with Gasteiger partial charge >= 0.3 is 0 Å². The zero-order chi connectivity index (χ0) is 25.2. The highest BCUT2D eigenvalue weighted by molar-refractivity contribution is 6.36. The van der Waals surface area contributed by atoms with Crippen LogP contribution in [0.25, 0.3) is 23.0 Å². The minimum atomic E-state index is -0.208. The van der Waals surface area contributed by atoms with Gasteiger partial charge in [0.1, 0.15) is 11.5 Å². The van der Waals surface area contributed by atoms with Crippen LogP contribution in [0.1, 0.15) is 27.2 Å². The summed E-state index contributed by atoms with van der Waals surface area (Å²) >= 11 is 6.11. The average molecular weight is 498 g/mol. The number of nitrogens with one attached hydrogen (secondary N) is 2. The number of furan rings is 1. The van der Waals surface area contributed by atoms with Crippen molar-refractivity contribution in [2.45, 2.75) is 6.54 Å². The van der Waals surface area contributed by atoms with E-state index in [1.54, 1.807) is 42.5 Å². The smallest absolute Gasteiger partial charge is 0.256 e. The fourth-order valence-electron chi connectivity index (χ4n) is 4.04. The number of anilines is 2. The molecule has 2 amide bonds. The van der Waals surface area contributed by atoms with E-state index in [1.165, 1.54) is 0 Å². The van der Waals surface area contributed by atoms with Gasteiger partial charge in [-0.3, -0.25) is 9.59 Å². The fraction of sp³-hybridized carbons (Fsp3) is 0.103. The summed E-state index contributed by atoms with van der Waals surface area (Å²) in [6, 6.07) is 24.2. The third kappa shape index (κ3) is 4.90. The maximum atomic E-state index is 12.8. The highest BCUT2D eigenvalue weighted by Crippen LogP contribution is 2.35. The molecule has 1 aromatic heterocycles. The Morgan fingerprint density at radius 1 is 1.03 bits per heavy atom. The van der Waals surface area contributed by atoms with E-state index >= 15 is 0 Å². The van der Waals surface area contributed by atoms with Gasteiger partial charge in [-0.05, 0) is 66.2 Å². The van der Waals surface area contributed by atoms with Crippen molar-refractivity contribution in [3.05, 3.63) is 106 Å². The van der Waals surface area contributed by atoms with E-state index in [4.69, 9.17) is 16.0 Å². The Labute approximate surface area is 214 Å². The van der Waals surface area contributed by atoms with Crippen LogP contribution in [-0.2, 0) is 11.3 Å². The summed E-state index contributed by atoms with van der Waals surface area (Å²) in [4.78, 5) is 27.3. The van der Waals surface area contributed by atoms with Gasteiger partial charge in [-0.2, -0.15) is 0 Å². The molecule has 0 aliphatic carbocycles. The number of halogens is 1. The first-order valence-corrected chi connectivity index (χ1v) is 11.8. The van der Waals surface area contributed by atoms with E-state index in [0.717, 1.165) is 28.1 Å². The second kappa shape index (κ2) is 9.76. The summed E-state index contributed by atoms with van der Waals surface area (Å²) in [5, 5.41) is 6.35. The molecule has 5 rings (SSSR count). The number of benzene rings is 3. The maximum Gasteiger partial charge on any atom is 0.256 e. The van der Waals surface area contributed by atoms with Crippen molar-refractivity contribution in [1.82, 2.24) is 5.32 Å². The number of carbonyl (C=O) groups excluding carboxylic acids is 2. The van der Waals surface area contributed by atoms with Crippen LogP contribution < -0.4 is 15.5 Å². The first kappa shape index (κ1) is 23.5. The number of hydrogen-bond acceptors (Lipinski definition) is 4. The molecule has 0 fully saturated rings. The largest absolute Gasteiger partial charge is 0.457 e. The number of amides is 2. The number of carbonyl (C=O) groups is 2. The van der Waals surface area contributed by atoms with Crippen LogP contribution in [0.2, 0.25) is 5.02 Å². The Hall–Kier alpha value is -4.29. The number of nitrogens with zero attached hydrogens (tertiary/aromatic N) is 1. The Morgan fingerprint density at radius 2 is 1.83 bits per heavy atom. The molecule has 4 aromatic rings. The fourth-order valence-corrected chi connectivity index (χ4v) is 4.21. The van der Waals surface area contributed by atoms with E-state index in [1.807, 2.05) is 61.5 Å². The molecule has 2 N–H and O–H groups in total. The summed E-state index contributed by atoms with van der Waals surface area (Å²) in [6.07, 6.45) is 1.69. The molecule has 7 heteroatoms. The Bertz CT molecular complexity index is 1490. The zero-order valence-electron chi connectivity index (χ0n) is 19.8. The molecule has 0 radical (unpaired) electrons. The van der Waals surface area contributed by atoms with Crippen molar-refractivity contribution in [3.8, 4) is 11.3 Å². The molecule has 0 bridgehead atoms. The number of fused-ring (bicyclic) bond motifs is 1. The SMILES string of the molecule is CN(C)c1ccc(CNC(=O)c2cccc(-c3ccc(/C=C4/C(=O)Nc5ccc(Cl)cc54)o3)c2)cc1. The van der Waals surface area contributed by atoms with Gasteiger partial charge in [0.15, 0.2) is 0 Å². The monoisotopic (exact) mass is 497 g/mol. The quantitative estimate of drug-likeness (QED) is 0.316. The van der Waals surface area contributed by atoms with Crippen LogP contribution in [-0.4, -0.2) is 25.9 Å². The lowest BCUT2D eigenvalue weighted by atomic mass is 10.1. The molecule has 36 heavy (non-hydrogen) atoms. The normalized spacial score (nSPS) is 13.4. The van der Waals surface area contributed by atoms with Crippen molar-refractivity contribution >= 4 is 46.4 Å². The molecule has 0 unspecified atom stereocenters.